The van der Waals surface area contributed by atoms with E-state index in [1.165, 1.54) is 42.3 Å². The Morgan fingerprint density at radius 2 is 2.09 bits per heavy atom. The highest BCUT2D eigenvalue weighted by atomic mass is 32.2. The van der Waals surface area contributed by atoms with Crippen LogP contribution in [0.25, 0.3) is 10.3 Å². The van der Waals surface area contributed by atoms with E-state index in [0.717, 1.165) is 12.5 Å². The van der Waals surface area contributed by atoms with Crippen LogP contribution in [0.3, 0.4) is 0 Å². The van der Waals surface area contributed by atoms with Crippen molar-refractivity contribution in [2.75, 3.05) is 25.5 Å². The SMILES string of the molecule is COc1nc2nc(SCc3cccc(F)c3F)nc(NC3CCN(C(=O)OC(C)(C)C)C3)c2s1. The molecule has 0 bridgehead atoms. The number of aromatic nitrogens is 3. The number of thiazole rings is 1. The van der Waals surface area contributed by atoms with Gasteiger partial charge in [0.1, 0.15) is 10.3 Å². The van der Waals surface area contributed by atoms with E-state index in [9.17, 15) is 13.6 Å². The van der Waals surface area contributed by atoms with E-state index in [1.807, 2.05) is 20.8 Å². The Morgan fingerprint density at radius 1 is 1.29 bits per heavy atom. The van der Waals surface area contributed by atoms with Crippen molar-refractivity contribution in [1.82, 2.24) is 19.9 Å². The van der Waals surface area contributed by atoms with Crippen molar-refractivity contribution in [3.63, 3.8) is 0 Å². The number of nitrogens with zero attached hydrogens (tertiary/aromatic N) is 4. The molecule has 3 heterocycles. The van der Waals surface area contributed by atoms with Crippen molar-refractivity contribution in [3.8, 4) is 5.19 Å². The fourth-order valence-electron chi connectivity index (χ4n) is 3.40. The number of hydrogen-bond acceptors (Lipinski definition) is 9. The van der Waals surface area contributed by atoms with Gasteiger partial charge in [-0.25, -0.2) is 23.5 Å². The molecule has 1 aromatic carbocycles. The Hall–Kier alpha value is -2.73. The van der Waals surface area contributed by atoms with Crippen LogP contribution in [0.4, 0.5) is 19.4 Å². The zero-order chi connectivity index (χ0) is 24.5. The van der Waals surface area contributed by atoms with Crippen LogP contribution in [0, 0.1) is 11.6 Å². The first-order chi connectivity index (χ1) is 16.1. The van der Waals surface area contributed by atoms with Gasteiger partial charge in [-0.05, 0) is 33.3 Å². The van der Waals surface area contributed by atoms with Gasteiger partial charge in [0, 0.05) is 30.4 Å². The smallest absolute Gasteiger partial charge is 0.410 e. The number of likely N-dealkylation sites (tertiary alicyclic amines) is 1. The normalized spacial score (nSPS) is 16.2. The topological polar surface area (TPSA) is 89.5 Å². The maximum absolute atomic E-state index is 14.1. The Balaban J connectivity index is 1.52. The van der Waals surface area contributed by atoms with Crippen molar-refractivity contribution in [1.29, 1.82) is 0 Å². The molecule has 34 heavy (non-hydrogen) atoms. The summed E-state index contributed by atoms with van der Waals surface area (Å²) >= 11 is 2.49. The fourth-order valence-corrected chi connectivity index (χ4v) is 4.99. The van der Waals surface area contributed by atoms with Gasteiger partial charge in [0.2, 0.25) is 0 Å². The van der Waals surface area contributed by atoms with E-state index in [4.69, 9.17) is 9.47 Å². The third kappa shape index (κ3) is 5.66. The fraction of sp³-hybridized carbons (Fsp3) is 0.455. The minimum atomic E-state index is -0.892. The van der Waals surface area contributed by atoms with Gasteiger partial charge in [0.05, 0.1) is 7.11 Å². The summed E-state index contributed by atoms with van der Waals surface area (Å²) in [6.07, 6.45) is 0.370. The maximum atomic E-state index is 14.1. The summed E-state index contributed by atoms with van der Waals surface area (Å²) in [4.78, 5) is 27.5. The molecular formula is C22H25F2N5O3S2. The zero-order valence-corrected chi connectivity index (χ0v) is 20.9. The molecule has 0 saturated carbocycles. The molecule has 182 valence electrons. The van der Waals surface area contributed by atoms with Crippen LogP contribution < -0.4 is 10.1 Å². The van der Waals surface area contributed by atoms with E-state index < -0.39 is 17.2 Å². The van der Waals surface area contributed by atoms with Gasteiger partial charge >= 0.3 is 6.09 Å². The van der Waals surface area contributed by atoms with Gasteiger partial charge in [-0.15, -0.1) is 0 Å². The molecule has 1 N–H and O–H groups in total. The summed E-state index contributed by atoms with van der Waals surface area (Å²) < 4.78 is 39.0. The van der Waals surface area contributed by atoms with Crippen LogP contribution in [0.5, 0.6) is 5.19 Å². The molecule has 4 rings (SSSR count). The van der Waals surface area contributed by atoms with E-state index >= 15 is 0 Å². The highest BCUT2D eigenvalue weighted by Gasteiger charge is 2.30. The molecule has 1 saturated heterocycles. The summed E-state index contributed by atoms with van der Waals surface area (Å²) in [6, 6.07) is 4.03. The lowest BCUT2D eigenvalue weighted by Crippen LogP contribution is -2.36. The highest BCUT2D eigenvalue weighted by Crippen LogP contribution is 2.34. The van der Waals surface area contributed by atoms with E-state index in [0.29, 0.717) is 39.6 Å². The van der Waals surface area contributed by atoms with Crippen molar-refractivity contribution in [2.45, 2.75) is 49.7 Å². The number of ether oxygens (including phenoxy) is 2. The third-order valence-electron chi connectivity index (χ3n) is 4.96. The predicted molar refractivity (Wildman–Crippen MR) is 128 cm³/mol. The molecular weight excluding hydrogens is 484 g/mol. The molecule has 12 heteroatoms. The van der Waals surface area contributed by atoms with Gasteiger partial charge in [0.25, 0.3) is 5.19 Å². The zero-order valence-electron chi connectivity index (χ0n) is 19.2. The van der Waals surface area contributed by atoms with E-state index in [2.05, 4.69) is 20.3 Å². The lowest BCUT2D eigenvalue weighted by atomic mass is 10.2. The van der Waals surface area contributed by atoms with Crippen molar-refractivity contribution >= 4 is 45.4 Å². The summed E-state index contributed by atoms with van der Waals surface area (Å²) in [5, 5.41) is 4.20. The molecule has 8 nitrogen and oxygen atoms in total. The third-order valence-corrected chi connectivity index (χ3v) is 6.87. The van der Waals surface area contributed by atoms with Crippen molar-refractivity contribution in [3.05, 3.63) is 35.4 Å². The summed E-state index contributed by atoms with van der Waals surface area (Å²) in [7, 11) is 1.52. The number of rotatable bonds is 6. The average Bonchev–Trinajstić information content (AvgIpc) is 3.40. The molecule has 1 aliphatic heterocycles. The molecule has 1 unspecified atom stereocenters. The Kier molecular flexibility index (Phi) is 7.08. The number of methoxy groups -OCH3 is 1. The lowest BCUT2D eigenvalue weighted by Gasteiger charge is -2.24. The number of nitrogens with one attached hydrogen (secondary N) is 1. The first-order valence-corrected chi connectivity index (χ1v) is 12.5. The minimum absolute atomic E-state index is 0.0442. The number of thioether (sulfide) groups is 1. The number of fused-ring (bicyclic) bond motifs is 1. The van der Waals surface area contributed by atoms with Crippen LogP contribution in [-0.2, 0) is 10.5 Å². The molecule has 1 atom stereocenters. The molecule has 1 amide bonds. The van der Waals surface area contributed by atoms with Crippen LogP contribution in [0.2, 0.25) is 0 Å². The Bertz CT molecular complexity index is 1200. The number of halogens is 2. The summed E-state index contributed by atoms with van der Waals surface area (Å²) in [6.45, 7) is 6.53. The van der Waals surface area contributed by atoms with Gasteiger partial charge < -0.3 is 19.7 Å². The maximum Gasteiger partial charge on any atom is 0.410 e. The molecule has 3 aromatic rings. The van der Waals surface area contributed by atoms with Crippen LogP contribution in [0.1, 0.15) is 32.8 Å². The number of amides is 1. The Labute approximate surface area is 204 Å². The largest absolute Gasteiger partial charge is 0.473 e. The van der Waals surface area contributed by atoms with Gasteiger partial charge in [-0.2, -0.15) is 4.98 Å². The number of anilines is 1. The second-order valence-corrected chi connectivity index (χ2v) is 10.7. The number of carbonyl (C=O) groups excluding carboxylic acids is 1. The van der Waals surface area contributed by atoms with E-state index in [-0.39, 0.29) is 23.5 Å². The first kappa shape index (κ1) is 24.4. The monoisotopic (exact) mass is 509 g/mol. The molecule has 1 aliphatic rings. The van der Waals surface area contributed by atoms with Gasteiger partial charge in [0.15, 0.2) is 28.3 Å². The molecule has 1 fully saturated rings. The van der Waals surface area contributed by atoms with Crippen molar-refractivity contribution < 1.29 is 23.0 Å². The molecule has 2 aromatic heterocycles. The highest BCUT2D eigenvalue weighted by molar-refractivity contribution is 7.98. The van der Waals surface area contributed by atoms with Crippen molar-refractivity contribution in [2.24, 2.45) is 0 Å². The number of benzene rings is 1. The van der Waals surface area contributed by atoms with Crippen LogP contribution in [0.15, 0.2) is 23.4 Å². The van der Waals surface area contributed by atoms with Crippen LogP contribution in [-0.4, -0.2) is 57.8 Å². The minimum Gasteiger partial charge on any atom is -0.473 e. The average molecular weight is 510 g/mol. The predicted octanol–water partition coefficient (Wildman–Crippen LogP) is 5.09. The first-order valence-electron chi connectivity index (χ1n) is 10.7. The van der Waals surface area contributed by atoms with Gasteiger partial charge in [-0.3, -0.25) is 0 Å². The molecule has 0 spiro atoms. The van der Waals surface area contributed by atoms with E-state index in [1.54, 1.807) is 4.90 Å². The molecule has 0 radical (unpaired) electrons. The quantitative estimate of drug-likeness (QED) is 0.363. The second-order valence-electron chi connectivity index (χ2n) is 8.75. The van der Waals surface area contributed by atoms with Gasteiger partial charge in [-0.1, -0.05) is 35.2 Å². The standard InChI is InChI=1S/C22H25F2N5O3S2/c1-22(2,3)32-21(30)29-9-8-13(10-29)25-17-16-18(28-20(31-4)34-16)27-19(26-17)33-11-12-6-5-7-14(23)15(12)24/h5-7,13H,8-11H2,1-4H3,(H,25,26,27). The Morgan fingerprint density at radius 3 is 2.82 bits per heavy atom. The molecule has 0 aliphatic carbocycles. The number of carbonyl (C=O) groups is 1. The van der Waals surface area contributed by atoms with Crippen LogP contribution >= 0.6 is 23.1 Å². The summed E-state index contributed by atoms with van der Waals surface area (Å²) in [5.41, 5.74) is 0.111. The lowest BCUT2D eigenvalue weighted by molar-refractivity contribution is 0.0293. The number of hydrogen-bond donors (Lipinski definition) is 1. The second kappa shape index (κ2) is 9.87. The summed E-state index contributed by atoms with van der Waals surface area (Å²) in [5.74, 6) is -1.05.